The lowest BCUT2D eigenvalue weighted by molar-refractivity contribution is -0.130. The maximum Gasteiger partial charge on any atom is 0.249 e. The summed E-state index contributed by atoms with van der Waals surface area (Å²) in [5.74, 6) is -0.162. The number of nitrogens with zero attached hydrogens (tertiary/aromatic N) is 1. The Morgan fingerprint density at radius 3 is 3.00 bits per heavy atom. The monoisotopic (exact) mass is 218 g/mol. The summed E-state index contributed by atoms with van der Waals surface area (Å²) >= 11 is 0. The average Bonchev–Trinajstić information content (AvgIpc) is 2.35. The van der Waals surface area contributed by atoms with E-state index in [2.05, 4.69) is 11.4 Å². The van der Waals surface area contributed by atoms with Crippen molar-refractivity contribution in [3.63, 3.8) is 0 Å². The van der Waals surface area contributed by atoms with Gasteiger partial charge < -0.3 is 10.1 Å². The number of hydrogen-bond acceptors (Lipinski definition) is 3. The molecule has 0 radical (unpaired) electrons. The minimum atomic E-state index is -0.459. The summed E-state index contributed by atoms with van der Waals surface area (Å²) in [5.41, 5.74) is 1.49. The molecule has 0 fully saturated rings. The first-order valence-electron chi connectivity index (χ1n) is 4.97. The number of amides is 1. The third-order valence-electron chi connectivity index (χ3n) is 2.25. The third kappa shape index (κ3) is 3.37. The molecule has 0 bridgehead atoms. The molecule has 4 heteroatoms. The van der Waals surface area contributed by atoms with Crippen molar-refractivity contribution in [2.75, 3.05) is 7.11 Å². The molecule has 84 valence electrons. The van der Waals surface area contributed by atoms with Crippen LogP contribution >= 0.6 is 0 Å². The van der Waals surface area contributed by atoms with Crippen LogP contribution in [0.15, 0.2) is 24.3 Å². The molecule has 0 aliphatic rings. The fraction of sp³-hybridized carbons (Fsp3) is 0.333. The Kier molecular flexibility index (Phi) is 4.49. The van der Waals surface area contributed by atoms with E-state index in [0.29, 0.717) is 12.1 Å². The van der Waals surface area contributed by atoms with E-state index in [9.17, 15) is 4.79 Å². The molecule has 0 saturated heterocycles. The van der Waals surface area contributed by atoms with E-state index in [1.807, 2.05) is 6.07 Å². The average molecular weight is 218 g/mol. The van der Waals surface area contributed by atoms with Crippen LogP contribution in [0.1, 0.15) is 18.1 Å². The van der Waals surface area contributed by atoms with Gasteiger partial charge in [0.25, 0.3) is 0 Å². The van der Waals surface area contributed by atoms with Crippen LogP contribution in [-0.4, -0.2) is 19.1 Å². The first kappa shape index (κ1) is 12.2. The molecule has 1 rings (SSSR count). The Morgan fingerprint density at radius 1 is 1.62 bits per heavy atom. The highest BCUT2D eigenvalue weighted by Crippen LogP contribution is 2.03. The second kappa shape index (κ2) is 5.89. The van der Waals surface area contributed by atoms with Crippen molar-refractivity contribution in [3.05, 3.63) is 35.4 Å². The van der Waals surface area contributed by atoms with E-state index in [-0.39, 0.29) is 5.91 Å². The van der Waals surface area contributed by atoms with Crippen molar-refractivity contribution in [1.82, 2.24) is 5.32 Å². The zero-order valence-electron chi connectivity index (χ0n) is 9.36. The van der Waals surface area contributed by atoms with Crippen molar-refractivity contribution in [2.24, 2.45) is 0 Å². The number of nitrogens with one attached hydrogen (secondary N) is 1. The fourth-order valence-electron chi connectivity index (χ4n) is 1.19. The summed E-state index contributed by atoms with van der Waals surface area (Å²) in [5, 5.41) is 11.4. The van der Waals surface area contributed by atoms with Gasteiger partial charge in [-0.25, -0.2) is 0 Å². The number of carbonyl (C=O) groups is 1. The highest BCUT2D eigenvalue weighted by atomic mass is 16.5. The van der Waals surface area contributed by atoms with Crippen LogP contribution < -0.4 is 5.32 Å². The van der Waals surface area contributed by atoms with Gasteiger partial charge in [-0.15, -0.1) is 0 Å². The van der Waals surface area contributed by atoms with Gasteiger partial charge in [0.1, 0.15) is 6.10 Å². The summed E-state index contributed by atoms with van der Waals surface area (Å²) in [6, 6.07) is 9.18. The number of methoxy groups -OCH3 is 1. The molecule has 1 amide bonds. The molecule has 0 aliphatic heterocycles. The lowest BCUT2D eigenvalue weighted by Gasteiger charge is -2.10. The summed E-state index contributed by atoms with van der Waals surface area (Å²) in [4.78, 5) is 11.4. The predicted octanol–water partition coefficient (Wildman–Crippen LogP) is 1.21. The molecule has 1 aromatic carbocycles. The minimum Gasteiger partial charge on any atom is -0.372 e. The molecule has 0 aromatic heterocycles. The maximum atomic E-state index is 11.4. The van der Waals surface area contributed by atoms with Crippen LogP contribution in [0.3, 0.4) is 0 Å². The number of benzene rings is 1. The number of rotatable bonds is 4. The quantitative estimate of drug-likeness (QED) is 0.826. The van der Waals surface area contributed by atoms with E-state index >= 15 is 0 Å². The van der Waals surface area contributed by atoms with Crippen molar-refractivity contribution >= 4 is 5.91 Å². The number of carbonyl (C=O) groups excluding carboxylic acids is 1. The molecule has 1 aromatic rings. The van der Waals surface area contributed by atoms with Crippen molar-refractivity contribution in [1.29, 1.82) is 5.26 Å². The van der Waals surface area contributed by atoms with Crippen LogP contribution in [0, 0.1) is 11.3 Å². The van der Waals surface area contributed by atoms with Gasteiger partial charge in [-0.1, -0.05) is 12.1 Å². The Labute approximate surface area is 94.8 Å². The molecule has 1 unspecified atom stereocenters. The summed E-state index contributed by atoms with van der Waals surface area (Å²) in [7, 11) is 1.49. The van der Waals surface area contributed by atoms with Crippen molar-refractivity contribution in [2.45, 2.75) is 19.6 Å². The summed E-state index contributed by atoms with van der Waals surface area (Å²) in [6.07, 6.45) is -0.459. The van der Waals surface area contributed by atoms with Crippen molar-refractivity contribution < 1.29 is 9.53 Å². The molecule has 16 heavy (non-hydrogen) atoms. The molecule has 1 N–H and O–H groups in total. The highest BCUT2D eigenvalue weighted by molar-refractivity contribution is 5.80. The zero-order valence-corrected chi connectivity index (χ0v) is 9.36. The van der Waals surface area contributed by atoms with Gasteiger partial charge >= 0.3 is 0 Å². The third-order valence-corrected chi connectivity index (χ3v) is 2.25. The fourth-order valence-corrected chi connectivity index (χ4v) is 1.19. The van der Waals surface area contributed by atoms with E-state index in [1.54, 1.807) is 25.1 Å². The first-order chi connectivity index (χ1) is 7.67. The largest absolute Gasteiger partial charge is 0.372 e. The van der Waals surface area contributed by atoms with E-state index < -0.39 is 6.10 Å². The molecule has 1 atom stereocenters. The Balaban J connectivity index is 2.55. The van der Waals surface area contributed by atoms with E-state index in [4.69, 9.17) is 10.00 Å². The molecular weight excluding hydrogens is 204 g/mol. The second-order valence-electron chi connectivity index (χ2n) is 3.41. The zero-order chi connectivity index (χ0) is 12.0. The Bertz CT molecular complexity index is 410. The lowest BCUT2D eigenvalue weighted by Crippen LogP contribution is -2.33. The summed E-state index contributed by atoms with van der Waals surface area (Å²) in [6.45, 7) is 2.09. The number of hydrogen-bond donors (Lipinski definition) is 1. The van der Waals surface area contributed by atoms with Crippen molar-refractivity contribution in [3.8, 4) is 6.07 Å². The van der Waals surface area contributed by atoms with Crippen LogP contribution in [-0.2, 0) is 16.1 Å². The highest BCUT2D eigenvalue weighted by Gasteiger charge is 2.10. The lowest BCUT2D eigenvalue weighted by atomic mass is 10.1. The standard InChI is InChI=1S/C12H14N2O2/c1-9(16-2)12(15)14-8-11-5-3-4-10(6-11)7-13/h3-6,9H,8H2,1-2H3,(H,14,15). The van der Waals surface area contributed by atoms with Gasteiger partial charge in [0.05, 0.1) is 11.6 Å². The van der Waals surface area contributed by atoms with Gasteiger partial charge in [0.15, 0.2) is 0 Å². The number of ether oxygens (including phenoxy) is 1. The molecular formula is C12H14N2O2. The van der Waals surface area contributed by atoms with Crippen LogP contribution in [0.4, 0.5) is 0 Å². The van der Waals surface area contributed by atoms with Gasteiger partial charge in [-0.05, 0) is 24.6 Å². The van der Waals surface area contributed by atoms with Gasteiger partial charge in [-0.2, -0.15) is 5.26 Å². The van der Waals surface area contributed by atoms with Gasteiger partial charge in [-0.3, -0.25) is 4.79 Å². The smallest absolute Gasteiger partial charge is 0.249 e. The normalized spacial score (nSPS) is 11.6. The SMILES string of the molecule is COC(C)C(=O)NCc1cccc(C#N)c1. The molecule has 0 spiro atoms. The second-order valence-corrected chi connectivity index (χ2v) is 3.41. The minimum absolute atomic E-state index is 0.162. The van der Waals surface area contributed by atoms with Crippen LogP contribution in [0.25, 0.3) is 0 Å². The number of nitriles is 1. The molecule has 0 saturated carbocycles. The summed E-state index contributed by atoms with van der Waals surface area (Å²) < 4.78 is 4.88. The molecule has 0 aliphatic carbocycles. The van der Waals surface area contributed by atoms with Gasteiger partial charge in [0, 0.05) is 13.7 Å². The maximum absolute atomic E-state index is 11.4. The topological polar surface area (TPSA) is 62.1 Å². The Morgan fingerprint density at radius 2 is 2.38 bits per heavy atom. The van der Waals surface area contributed by atoms with Gasteiger partial charge in [0.2, 0.25) is 5.91 Å². The molecule has 4 nitrogen and oxygen atoms in total. The van der Waals surface area contributed by atoms with Crippen LogP contribution in [0.2, 0.25) is 0 Å². The van der Waals surface area contributed by atoms with E-state index in [1.165, 1.54) is 7.11 Å². The van der Waals surface area contributed by atoms with Crippen LogP contribution in [0.5, 0.6) is 0 Å². The van der Waals surface area contributed by atoms with E-state index in [0.717, 1.165) is 5.56 Å². The Hall–Kier alpha value is -1.86. The molecule has 0 heterocycles. The first-order valence-corrected chi connectivity index (χ1v) is 4.97. The predicted molar refractivity (Wildman–Crippen MR) is 59.5 cm³/mol.